The average Bonchev–Trinajstić information content (AvgIpc) is 3.16. The van der Waals surface area contributed by atoms with Crippen molar-refractivity contribution in [2.24, 2.45) is 0 Å². The molecule has 4 rings (SSSR count). The summed E-state index contributed by atoms with van der Waals surface area (Å²) in [6.07, 6.45) is 4.63. The van der Waals surface area contributed by atoms with Crippen molar-refractivity contribution >= 4 is 40.8 Å². The van der Waals surface area contributed by atoms with Gasteiger partial charge < -0.3 is 15.7 Å². The SMILES string of the molecule is C=CCNC(=O)n1nc(-c2cc(NC(=O)c3c(Cl)cccc3Cl)ccc2O)cc1C1CCC1. The Kier molecular flexibility index (Phi) is 6.72. The number of phenolic OH excluding ortho intramolecular Hbond substituents is 1. The maximum Gasteiger partial charge on any atom is 0.342 e. The Morgan fingerprint density at radius 1 is 1.18 bits per heavy atom. The molecule has 3 aromatic rings. The Balaban J connectivity index is 1.66. The number of hydrogen-bond donors (Lipinski definition) is 3. The Hall–Kier alpha value is -3.29. The monoisotopic (exact) mass is 484 g/mol. The number of carbonyl (C=O) groups excluding carboxylic acids is 2. The fraction of sp³-hybridized carbons (Fsp3) is 0.208. The van der Waals surface area contributed by atoms with Crippen LogP contribution in [0.2, 0.25) is 10.0 Å². The summed E-state index contributed by atoms with van der Waals surface area (Å²) in [7, 11) is 0. The molecule has 0 aliphatic heterocycles. The van der Waals surface area contributed by atoms with Gasteiger partial charge >= 0.3 is 6.03 Å². The molecule has 33 heavy (non-hydrogen) atoms. The maximum absolute atomic E-state index is 12.7. The topological polar surface area (TPSA) is 96.3 Å². The number of rotatable bonds is 6. The van der Waals surface area contributed by atoms with Crippen molar-refractivity contribution in [2.75, 3.05) is 11.9 Å². The van der Waals surface area contributed by atoms with E-state index >= 15 is 0 Å². The van der Waals surface area contributed by atoms with Gasteiger partial charge in [0, 0.05) is 23.7 Å². The molecular weight excluding hydrogens is 463 g/mol. The molecule has 1 aliphatic carbocycles. The smallest absolute Gasteiger partial charge is 0.342 e. The predicted molar refractivity (Wildman–Crippen MR) is 129 cm³/mol. The lowest BCUT2D eigenvalue weighted by atomic mass is 9.82. The molecule has 1 heterocycles. The molecule has 2 amide bonds. The molecule has 0 unspecified atom stereocenters. The minimum atomic E-state index is -0.480. The second-order valence-corrected chi connectivity index (χ2v) is 8.57. The van der Waals surface area contributed by atoms with Crippen LogP contribution in [0.15, 0.2) is 55.1 Å². The van der Waals surface area contributed by atoms with Crippen molar-refractivity contribution in [1.29, 1.82) is 0 Å². The Bertz CT molecular complexity index is 1210. The number of halogens is 2. The molecule has 0 atom stereocenters. The van der Waals surface area contributed by atoms with Gasteiger partial charge in [-0.05, 0) is 49.2 Å². The van der Waals surface area contributed by atoms with Gasteiger partial charge in [0.2, 0.25) is 0 Å². The molecule has 3 N–H and O–H groups in total. The minimum absolute atomic E-state index is 0.0277. The van der Waals surface area contributed by atoms with E-state index in [1.54, 1.807) is 36.4 Å². The van der Waals surface area contributed by atoms with E-state index < -0.39 is 5.91 Å². The molecule has 170 valence electrons. The largest absolute Gasteiger partial charge is 0.507 e. The molecule has 2 aromatic carbocycles. The fourth-order valence-corrected chi connectivity index (χ4v) is 4.22. The maximum atomic E-state index is 12.7. The van der Waals surface area contributed by atoms with E-state index in [4.69, 9.17) is 23.2 Å². The van der Waals surface area contributed by atoms with E-state index in [9.17, 15) is 14.7 Å². The minimum Gasteiger partial charge on any atom is -0.507 e. The van der Waals surface area contributed by atoms with E-state index in [2.05, 4.69) is 22.3 Å². The molecule has 0 spiro atoms. The third kappa shape index (κ3) is 4.74. The zero-order valence-electron chi connectivity index (χ0n) is 17.6. The van der Waals surface area contributed by atoms with Gasteiger partial charge in [0.25, 0.3) is 5.91 Å². The zero-order chi connectivity index (χ0) is 23.5. The first-order chi connectivity index (χ1) is 15.9. The number of carbonyl (C=O) groups is 2. The number of phenols is 1. The van der Waals surface area contributed by atoms with Crippen molar-refractivity contribution < 1.29 is 14.7 Å². The molecular formula is C24H22Cl2N4O3. The number of aromatic nitrogens is 2. The number of nitrogens with one attached hydrogen (secondary N) is 2. The van der Waals surface area contributed by atoms with Crippen molar-refractivity contribution in [1.82, 2.24) is 15.1 Å². The van der Waals surface area contributed by atoms with Crippen LogP contribution in [0.3, 0.4) is 0 Å². The highest BCUT2D eigenvalue weighted by Gasteiger charge is 2.27. The number of nitrogens with zero attached hydrogens (tertiary/aromatic N) is 2. The highest BCUT2D eigenvalue weighted by atomic mass is 35.5. The Morgan fingerprint density at radius 2 is 1.91 bits per heavy atom. The lowest BCUT2D eigenvalue weighted by Gasteiger charge is -2.25. The van der Waals surface area contributed by atoms with Crippen molar-refractivity contribution in [3.05, 3.63) is 76.4 Å². The number of benzene rings is 2. The van der Waals surface area contributed by atoms with Crippen LogP contribution in [0.1, 0.15) is 41.2 Å². The highest BCUT2D eigenvalue weighted by Crippen LogP contribution is 2.39. The first kappa shape index (κ1) is 22.9. The van der Waals surface area contributed by atoms with Gasteiger partial charge in [0.1, 0.15) is 5.75 Å². The third-order valence-electron chi connectivity index (χ3n) is 5.57. The summed E-state index contributed by atoms with van der Waals surface area (Å²) in [5.41, 5.74) is 2.17. The second kappa shape index (κ2) is 9.68. The summed E-state index contributed by atoms with van der Waals surface area (Å²) in [4.78, 5) is 25.4. The molecule has 0 saturated heterocycles. The standard InChI is InChI=1S/C24H22Cl2N4O3/c1-2-11-27-24(33)30-20(14-5-3-6-14)13-19(29-30)16-12-15(9-10-21(16)31)28-23(32)22-17(25)7-4-8-18(22)26/h2,4,7-10,12-14,31H,1,3,5-6,11H2,(H,27,33)(H,28,32). The van der Waals surface area contributed by atoms with Gasteiger partial charge in [-0.1, -0.05) is 41.8 Å². The van der Waals surface area contributed by atoms with E-state index in [1.807, 2.05) is 6.07 Å². The van der Waals surface area contributed by atoms with Crippen LogP contribution in [-0.4, -0.2) is 33.4 Å². The molecule has 1 saturated carbocycles. The summed E-state index contributed by atoms with van der Waals surface area (Å²) >= 11 is 12.3. The molecule has 1 aromatic heterocycles. The van der Waals surface area contributed by atoms with Crippen molar-refractivity contribution in [3.63, 3.8) is 0 Å². The summed E-state index contributed by atoms with van der Waals surface area (Å²) in [5, 5.41) is 20.9. The van der Waals surface area contributed by atoms with E-state index in [1.165, 1.54) is 10.7 Å². The lowest BCUT2D eigenvalue weighted by molar-refractivity contribution is 0.102. The lowest BCUT2D eigenvalue weighted by Crippen LogP contribution is -2.32. The van der Waals surface area contributed by atoms with E-state index in [0.29, 0.717) is 23.5 Å². The third-order valence-corrected chi connectivity index (χ3v) is 6.20. The van der Waals surface area contributed by atoms with Crippen LogP contribution in [-0.2, 0) is 0 Å². The summed E-state index contributed by atoms with van der Waals surface area (Å²) in [6, 6.07) is 10.9. The fourth-order valence-electron chi connectivity index (χ4n) is 3.65. The first-order valence-electron chi connectivity index (χ1n) is 10.5. The van der Waals surface area contributed by atoms with Crippen LogP contribution in [0.25, 0.3) is 11.3 Å². The average molecular weight is 485 g/mol. The number of amides is 2. The van der Waals surface area contributed by atoms with E-state index in [-0.39, 0.29) is 33.3 Å². The van der Waals surface area contributed by atoms with Gasteiger partial charge in [-0.2, -0.15) is 9.78 Å². The van der Waals surface area contributed by atoms with Gasteiger partial charge in [0.05, 0.1) is 27.0 Å². The van der Waals surface area contributed by atoms with Gasteiger partial charge in [0.15, 0.2) is 0 Å². The molecule has 0 radical (unpaired) electrons. The van der Waals surface area contributed by atoms with Crippen LogP contribution in [0.4, 0.5) is 10.5 Å². The van der Waals surface area contributed by atoms with Crippen molar-refractivity contribution in [2.45, 2.75) is 25.2 Å². The van der Waals surface area contributed by atoms with Gasteiger partial charge in [-0.3, -0.25) is 4.79 Å². The molecule has 1 aliphatic rings. The quantitative estimate of drug-likeness (QED) is 0.303. The van der Waals surface area contributed by atoms with Crippen LogP contribution in [0, 0.1) is 0 Å². The van der Waals surface area contributed by atoms with Crippen LogP contribution < -0.4 is 10.6 Å². The summed E-state index contributed by atoms with van der Waals surface area (Å²) in [6.45, 7) is 3.93. The predicted octanol–water partition coefficient (Wildman–Crippen LogP) is 5.83. The van der Waals surface area contributed by atoms with Crippen LogP contribution in [0.5, 0.6) is 5.75 Å². The van der Waals surface area contributed by atoms with Crippen molar-refractivity contribution in [3.8, 4) is 17.0 Å². The Labute approximate surface area is 201 Å². The summed E-state index contributed by atoms with van der Waals surface area (Å²) in [5.74, 6) is -0.278. The molecule has 1 fully saturated rings. The number of aromatic hydroxyl groups is 1. The number of hydrogen-bond acceptors (Lipinski definition) is 4. The normalized spacial score (nSPS) is 13.3. The van der Waals surface area contributed by atoms with Crippen LogP contribution >= 0.6 is 23.2 Å². The zero-order valence-corrected chi connectivity index (χ0v) is 19.2. The molecule has 0 bridgehead atoms. The second-order valence-electron chi connectivity index (χ2n) is 7.75. The molecule has 9 heteroatoms. The van der Waals surface area contributed by atoms with Gasteiger partial charge in [-0.15, -0.1) is 6.58 Å². The highest BCUT2D eigenvalue weighted by molar-refractivity contribution is 6.40. The molecule has 7 nitrogen and oxygen atoms in total. The van der Waals surface area contributed by atoms with E-state index in [0.717, 1.165) is 25.0 Å². The Morgan fingerprint density at radius 3 is 2.55 bits per heavy atom. The number of anilines is 1. The summed E-state index contributed by atoms with van der Waals surface area (Å²) < 4.78 is 1.34. The first-order valence-corrected chi connectivity index (χ1v) is 11.2. The van der Waals surface area contributed by atoms with Gasteiger partial charge in [-0.25, -0.2) is 4.79 Å².